The van der Waals surface area contributed by atoms with Crippen LogP contribution in [0.1, 0.15) is 49.6 Å². The largest absolute Gasteiger partial charge is 0.497 e. The van der Waals surface area contributed by atoms with Gasteiger partial charge in [-0.1, -0.05) is 32.4 Å². The third-order valence-corrected chi connectivity index (χ3v) is 9.56. The van der Waals surface area contributed by atoms with E-state index in [0.717, 1.165) is 48.5 Å². The van der Waals surface area contributed by atoms with E-state index in [1.165, 1.54) is 11.3 Å². The third-order valence-electron chi connectivity index (χ3n) is 6.11. The summed E-state index contributed by atoms with van der Waals surface area (Å²) in [5.41, 5.74) is 1.09. The molecular formula is C24H35N3O4S2. The van der Waals surface area contributed by atoms with Gasteiger partial charge in [0.15, 0.2) is 0 Å². The molecule has 1 N–H and O–H groups in total. The van der Waals surface area contributed by atoms with E-state index >= 15 is 0 Å². The molecule has 1 aliphatic heterocycles. The second kappa shape index (κ2) is 12.0. The number of ether oxygens (including phenoxy) is 1. The zero-order valence-electron chi connectivity index (χ0n) is 19.7. The number of amides is 1. The number of rotatable bonds is 11. The number of hydrogen-bond donors (Lipinski definition) is 1. The summed E-state index contributed by atoms with van der Waals surface area (Å²) >= 11 is 1.20. The van der Waals surface area contributed by atoms with Crippen LogP contribution in [0.3, 0.4) is 0 Å². The first kappa shape index (κ1) is 25.7. The molecule has 1 aromatic carbocycles. The second-order valence-electron chi connectivity index (χ2n) is 8.18. The summed E-state index contributed by atoms with van der Waals surface area (Å²) in [5, 5.41) is 3.05. The Hall–Kier alpha value is -1.94. The summed E-state index contributed by atoms with van der Waals surface area (Å²) in [6.45, 7) is 7.55. The summed E-state index contributed by atoms with van der Waals surface area (Å²) < 4.78 is 33.0. The zero-order chi connectivity index (χ0) is 23.8. The highest BCUT2D eigenvalue weighted by Gasteiger charge is 2.27. The number of carbonyl (C=O) groups excluding carboxylic acids is 1. The molecule has 3 rings (SSSR count). The number of carbonyl (C=O) groups is 1. The Labute approximate surface area is 201 Å². The Morgan fingerprint density at radius 1 is 1.15 bits per heavy atom. The van der Waals surface area contributed by atoms with E-state index in [0.29, 0.717) is 23.8 Å². The van der Waals surface area contributed by atoms with Gasteiger partial charge in [-0.2, -0.15) is 4.31 Å². The van der Waals surface area contributed by atoms with Crippen molar-refractivity contribution in [2.24, 2.45) is 0 Å². The summed E-state index contributed by atoms with van der Waals surface area (Å²) in [4.78, 5) is 15.8. The van der Waals surface area contributed by atoms with Crippen molar-refractivity contribution in [3.63, 3.8) is 0 Å². The van der Waals surface area contributed by atoms with E-state index in [-0.39, 0.29) is 18.4 Å². The second-order valence-corrected chi connectivity index (χ2v) is 11.5. The molecule has 182 valence electrons. The summed E-state index contributed by atoms with van der Waals surface area (Å²) in [6, 6.07) is 11.3. The van der Waals surface area contributed by atoms with E-state index in [2.05, 4.69) is 30.1 Å². The van der Waals surface area contributed by atoms with Crippen molar-refractivity contribution >= 4 is 27.3 Å². The van der Waals surface area contributed by atoms with Crippen LogP contribution < -0.4 is 10.1 Å². The maximum atomic E-state index is 12.9. The first-order valence-corrected chi connectivity index (χ1v) is 13.9. The molecule has 1 aliphatic rings. The van der Waals surface area contributed by atoms with Gasteiger partial charge in [0, 0.05) is 24.5 Å². The molecule has 0 saturated carbocycles. The van der Waals surface area contributed by atoms with E-state index in [9.17, 15) is 13.2 Å². The molecule has 2 aromatic rings. The van der Waals surface area contributed by atoms with E-state index < -0.39 is 10.0 Å². The normalized spacial score (nSPS) is 16.0. The molecule has 7 nitrogen and oxygen atoms in total. The smallest absolute Gasteiger partial charge is 0.252 e. The zero-order valence-corrected chi connectivity index (χ0v) is 21.4. The number of hydrogen-bond acceptors (Lipinski definition) is 6. The number of nitrogens with one attached hydrogen (secondary N) is 1. The number of methoxy groups -OCH3 is 1. The lowest BCUT2D eigenvalue weighted by Crippen LogP contribution is -2.38. The topological polar surface area (TPSA) is 79.0 Å². The van der Waals surface area contributed by atoms with Gasteiger partial charge in [0.1, 0.15) is 9.96 Å². The molecule has 1 amide bonds. The van der Waals surface area contributed by atoms with Gasteiger partial charge >= 0.3 is 0 Å². The summed E-state index contributed by atoms with van der Waals surface area (Å²) in [6.07, 6.45) is 3.05. The fourth-order valence-corrected chi connectivity index (χ4v) is 7.25. The number of thiophene rings is 1. The SMILES string of the molecule is CCN(CC)C(CNC(=O)Cc1ccc(S(=O)(=O)N2CCCCC2)s1)c1cccc(OC)c1. The molecule has 9 heteroatoms. The average molecular weight is 494 g/mol. The van der Waals surface area contributed by atoms with Crippen molar-refractivity contribution in [3.8, 4) is 5.75 Å². The van der Waals surface area contributed by atoms with Crippen LogP contribution >= 0.6 is 11.3 Å². The fourth-order valence-electron chi connectivity index (χ4n) is 4.23. The van der Waals surface area contributed by atoms with Gasteiger partial charge in [0.2, 0.25) is 5.91 Å². The summed E-state index contributed by atoms with van der Waals surface area (Å²) in [7, 11) is -1.81. The van der Waals surface area contributed by atoms with Gasteiger partial charge in [0.05, 0.1) is 19.6 Å². The molecule has 2 heterocycles. The van der Waals surface area contributed by atoms with Crippen LogP contribution in [-0.2, 0) is 21.2 Å². The van der Waals surface area contributed by atoms with Gasteiger partial charge in [-0.15, -0.1) is 11.3 Å². The highest BCUT2D eigenvalue weighted by molar-refractivity contribution is 7.91. The van der Waals surface area contributed by atoms with Gasteiger partial charge in [-0.05, 0) is 55.8 Å². The fraction of sp³-hybridized carbons (Fsp3) is 0.542. The van der Waals surface area contributed by atoms with Crippen molar-refractivity contribution in [1.29, 1.82) is 0 Å². The maximum absolute atomic E-state index is 12.9. The van der Waals surface area contributed by atoms with E-state index in [1.54, 1.807) is 23.5 Å². The highest BCUT2D eigenvalue weighted by atomic mass is 32.2. The number of piperidine rings is 1. The van der Waals surface area contributed by atoms with Crippen LogP contribution in [0.5, 0.6) is 5.75 Å². The minimum absolute atomic E-state index is 0.0254. The van der Waals surface area contributed by atoms with Crippen molar-refractivity contribution in [3.05, 3.63) is 46.8 Å². The average Bonchev–Trinajstić information content (AvgIpc) is 3.31. The number of likely N-dealkylation sites (N-methyl/N-ethyl adjacent to an activating group) is 1. The molecule has 1 aromatic heterocycles. The first-order valence-electron chi connectivity index (χ1n) is 11.6. The van der Waals surface area contributed by atoms with Crippen LogP contribution in [0.15, 0.2) is 40.6 Å². The number of sulfonamides is 1. The first-order chi connectivity index (χ1) is 15.9. The van der Waals surface area contributed by atoms with E-state index in [1.807, 2.05) is 18.2 Å². The molecule has 0 radical (unpaired) electrons. The van der Waals surface area contributed by atoms with Crippen LogP contribution in [0.25, 0.3) is 0 Å². The highest BCUT2D eigenvalue weighted by Crippen LogP contribution is 2.28. The van der Waals surface area contributed by atoms with E-state index in [4.69, 9.17) is 4.74 Å². The summed E-state index contributed by atoms with van der Waals surface area (Å²) in [5.74, 6) is 0.677. The predicted octanol–water partition coefficient (Wildman–Crippen LogP) is 3.67. The third kappa shape index (κ3) is 6.56. The van der Waals surface area contributed by atoms with Crippen molar-refractivity contribution in [2.45, 2.75) is 49.8 Å². The molecule has 1 atom stereocenters. The molecule has 1 unspecified atom stereocenters. The Bertz CT molecular complexity index is 1010. The minimum atomic E-state index is -3.46. The van der Waals surface area contributed by atoms with Gasteiger partial charge in [-0.3, -0.25) is 9.69 Å². The quantitative estimate of drug-likeness (QED) is 0.517. The van der Waals surface area contributed by atoms with Crippen LogP contribution in [-0.4, -0.2) is 63.4 Å². The number of nitrogens with zero attached hydrogens (tertiary/aromatic N) is 2. The molecule has 0 spiro atoms. The van der Waals surface area contributed by atoms with Gasteiger partial charge in [0.25, 0.3) is 10.0 Å². The van der Waals surface area contributed by atoms with Crippen LogP contribution in [0, 0.1) is 0 Å². The monoisotopic (exact) mass is 493 g/mol. The lowest BCUT2D eigenvalue weighted by atomic mass is 10.0. The maximum Gasteiger partial charge on any atom is 0.252 e. The van der Waals surface area contributed by atoms with Crippen LogP contribution in [0.4, 0.5) is 0 Å². The van der Waals surface area contributed by atoms with Crippen molar-refractivity contribution in [1.82, 2.24) is 14.5 Å². The van der Waals surface area contributed by atoms with Crippen molar-refractivity contribution < 1.29 is 17.9 Å². The Morgan fingerprint density at radius 3 is 2.55 bits per heavy atom. The van der Waals surface area contributed by atoms with Crippen LogP contribution in [0.2, 0.25) is 0 Å². The van der Waals surface area contributed by atoms with Gasteiger partial charge in [-0.25, -0.2) is 8.42 Å². The lowest BCUT2D eigenvalue weighted by Gasteiger charge is -2.30. The molecule has 1 fully saturated rings. The van der Waals surface area contributed by atoms with Crippen molar-refractivity contribution in [2.75, 3.05) is 39.8 Å². The Balaban J connectivity index is 1.64. The molecule has 1 saturated heterocycles. The molecule has 33 heavy (non-hydrogen) atoms. The standard InChI is InChI=1S/C24H35N3O4S2/c1-4-26(5-2)22(19-10-9-11-20(16-19)31-3)18-25-23(28)17-21-12-13-24(32-21)33(29,30)27-14-7-6-8-15-27/h9-13,16,22H,4-8,14-15,17-18H2,1-3H3,(H,25,28). The predicted molar refractivity (Wildman–Crippen MR) is 132 cm³/mol. The van der Waals surface area contributed by atoms with Gasteiger partial charge < -0.3 is 10.1 Å². The minimum Gasteiger partial charge on any atom is -0.497 e. The Kier molecular flexibility index (Phi) is 9.31. The molecule has 0 aliphatic carbocycles. The lowest BCUT2D eigenvalue weighted by molar-refractivity contribution is -0.120. The molecule has 0 bridgehead atoms. The number of benzene rings is 1. The Morgan fingerprint density at radius 2 is 1.88 bits per heavy atom. The molecular weight excluding hydrogens is 458 g/mol.